The van der Waals surface area contributed by atoms with Crippen molar-refractivity contribution in [1.82, 2.24) is 5.32 Å². The molecule has 0 aliphatic rings. The summed E-state index contributed by atoms with van der Waals surface area (Å²) in [5.41, 5.74) is 1.95. The van der Waals surface area contributed by atoms with Crippen molar-refractivity contribution in [2.24, 2.45) is 0 Å². The molecule has 21 heavy (non-hydrogen) atoms. The zero-order chi connectivity index (χ0) is 14.8. The van der Waals surface area contributed by atoms with E-state index in [-0.39, 0.29) is 17.9 Å². The van der Waals surface area contributed by atoms with Gasteiger partial charge in [-0.15, -0.1) is 0 Å². The van der Waals surface area contributed by atoms with Gasteiger partial charge in [0.2, 0.25) is 0 Å². The fraction of sp³-hybridized carbons (Fsp3) is 0.222. The minimum Gasteiger partial charge on any atom is -0.459 e. The van der Waals surface area contributed by atoms with E-state index in [0.717, 1.165) is 22.3 Å². The smallest absolute Gasteiger partial charge is 0.134 e. The Morgan fingerprint density at radius 1 is 0.952 bits per heavy atom. The summed E-state index contributed by atoms with van der Waals surface area (Å²) < 4.78 is 18.8. The highest BCUT2D eigenvalue weighted by molar-refractivity contribution is 5.77. The van der Waals surface area contributed by atoms with E-state index in [4.69, 9.17) is 4.42 Å². The summed E-state index contributed by atoms with van der Waals surface area (Å²) in [4.78, 5) is 0. The van der Waals surface area contributed by atoms with E-state index >= 15 is 0 Å². The van der Waals surface area contributed by atoms with E-state index in [2.05, 4.69) is 25.2 Å². The van der Waals surface area contributed by atoms with Gasteiger partial charge in [-0.3, -0.25) is 0 Å². The van der Waals surface area contributed by atoms with Crippen molar-refractivity contribution < 1.29 is 8.81 Å². The minimum absolute atomic E-state index is 0.0810. The number of para-hydroxylation sites is 1. The maximum Gasteiger partial charge on any atom is 0.134 e. The summed E-state index contributed by atoms with van der Waals surface area (Å²) in [7, 11) is 0. The van der Waals surface area contributed by atoms with Gasteiger partial charge in [-0.2, -0.15) is 0 Å². The number of hydrogen-bond donors (Lipinski definition) is 1. The number of benzene rings is 2. The van der Waals surface area contributed by atoms with E-state index in [1.54, 1.807) is 12.1 Å². The first-order chi connectivity index (χ1) is 10.1. The normalized spacial score (nSPS) is 14.2. The first-order valence-corrected chi connectivity index (χ1v) is 7.13. The molecule has 2 atom stereocenters. The van der Waals surface area contributed by atoms with E-state index in [9.17, 15) is 4.39 Å². The second-order valence-corrected chi connectivity index (χ2v) is 5.35. The van der Waals surface area contributed by atoms with Crippen molar-refractivity contribution in [2.75, 3.05) is 0 Å². The Morgan fingerprint density at radius 3 is 2.38 bits per heavy atom. The van der Waals surface area contributed by atoms with Crippen LogP contribution in [-0.4, -0.2) is 0 Å². The molecule has 1 N–H and O–H groups in total. The second-order valence-electron chi connectivity index (χ2n) is 5.35. The number of rotatable bonds is 4. The fourth-order valence-corrected chi connectivity index (χ4v) is 2.52. The molecule has 0 aliphatic carbocycles. The van der Waals surface area contributed by atoms with Gasteiger partial charge in [0.1, 0.15) is 17.2 Å². The highest BCUT2D eigenvalue weighted by Gasteiger charge is 2.15. The summed E-state index contributed by atoms with van der Waals surface area (Å²) >= 11 is 0. The Kier molecular flexibility index (Phi) is 3.76. The summed E-state index contributed by atoms with van der Waals surface area (Å²) in [6, 6.07) is 16.8. The summed E-state index contributed by atoms with van der Waals surface area (Å²) in [5.74, 6) is 0.696. The third-order valence-corrected chi connectivity index (χ3v) is 3.74. The number of halogens is 1. The van der Waals surface area contributed by atoms with Crippen molar-refractivity contribution in [1.29, 1.82) is 0 Å². The molecule has 0 bridgehead atoms. The third kappa shape index (κ3) is 2.98. The number of furan rings is 1. The molecule has 108 valence electrons. The molecule has 2 aromatic carbocycles. The van der Waals surface area contributed by atoms with Crippen LogP contribution >= 0.6 is 0 Å². The molecule has 2 nitrogen and oxygen atoms in total. The Labute approximate surface area is 123 Å². The average Bonchev–Trinajstić information content (AvgIpc) is 2.92. The molecular formula is C18H18FNO. The maximum absolute atomic E-state index is 13.0. The quantitative estimate of drug-likeness (QED) is 0.730. The molecule has 0 amide bonds. The van der Waals surface area contributed by atoms with Gasteiger partial charge >= 0.3 is 0 Å². The lowest BCUT2D eigenvalue weighted by Crippen LogP contribution is -2.22. The van der Waals surface area contributed by atoms with Gasteiger partial charge in [-0.1, -0.05) is 30.3 Å². The third-order valence-electron chi connectivity index (χ3n) is 3.74. The molecule has 1 unspecified atom stereocenters. The summed E-state index contributed by atoms with van der Waals surface area (Å²) in [6.45, 7) is 4.13. The minimum atomic E-state index is -0.212. The van der Waals surface area contributed by atoms with Crippen LogP contribution < -0.4 is 5.32 Å². The fourth-order valence-electron chi connectivity index (χ4n) is 2.52. The molecule has 0 spiro atoms. The number of hydrogen-bond acceptors (Lipinski definition) is 2. The summed E-state index contributed by atoms with van der Waals surface area (Å²) in [5, 5.41) is 4.58. The van der Waals surface area contributed by atoms with Gasteiger partial charge in [0.05, 0.1) is 6.04 Å². The molecule has 3 aromatic rings. The Hall–Kier alpha value is -2.13. The first kappa shape index (κ1) is 13.8. The largest absolute Gasteiger partial charge is 0.459 e. The van der Waals surface area contributed by atoms with Gasteiger partial charge in [0.25, 0.3) is 0 Å². The van der Waals surface area contributed by atoms with E-state index in [0.29, 0.717) is 0 Å². The lowest BCUT2D eigenvalue weighted by molar-refractivity contribution is 0.417. The van der Waals surface area contributed by atoms with Gasteiger partial charge in [-0.25, -0.2) is 4.39 Å². The van der Waals surface area contributed by atoms with Gasteiger partial charge < -0.3 is 9.73 Å². The van der Waals surface area contributed by atoms with Crippen molar-refractivity contribution in [3.8, 4) is 0 Å². The monoisotopic (exact) mass is 283 g/mol. The predicted molar refractivity (Wildman–Crippen MR) is 82.6 cm³/mol. The molecule has 3 rings (SSSR count). The first-order valence-electron chi connectivity index (χ1n) is 7.13. The topological polar surface area (TPSA) is 25.2 Å². The van der Waals surface area contributed by atoms with Crippen LogP contribution in [0.4, 0.5) is 4.39 Å². The number of fused-ring (bicyclic) bond motifs is 1. The van der Waals surface area contributed by atoms with Crippen LogP contribution in [0.3, 0.4) is 0 Å². The Morgan fingerprint density at radius 2 is 1.67 bits per heavy atom. The van der Waals surface area contributed by atoms with Crippen LogP contribution in [-0.2, 0) is 0 Å². The Balaban J connectivity index is 1.75. The van der Waals surface area contributed by atoms with E-state index in [1.165, 1.54) is 12.1 Å². The second kappa shape index (κ2) is 5.70. The molecule has 0 aliphatic heterocycles. The van der Waals surface area contributed by atoms with Crippen LogP contribution in [0, 0.1) is 5.82 Å². The maximum atomic E-state index is 13.0. The summed E-state index contributed by atoms with van der Waals surface area (Å²) in [6.07, 6.45) is 0. The molecule has 0 fully saturated rings. The van der Waals surface area contributed by atoms with Crippen LogP contribution in [0.1, 0.15) is 37.3 Å². The lowest BCUT2D eigenvalue weighted by Gasteiger charge is -2.18. The zero-order valence-electron chi connectivity index (χ0n) is 12.1. The van der Waals surface area contributed by atoms with Crippen molar-refractivity contribution >= 4 is 11.0 Å². The predicted octanol–water partition coefficient (Wildman–Crippen LogP) is 4.98. The highest BCUT2D eigenvalue weighted by Crippen LogP contribution is 2.25. The van der Waals surface area contributed by atoms with Gasteiger partial charge in [0.15, 0.2) is 0 Å². The van der Waals surface area contributed by atoms with Crippen LogP contribution in [0.15, 0.2) is 59.0 Å². The van der Waals surface area contributed by atoms with E-state index < -0.39 is 0 Å². The highest BCUT2D eigenvalue weighted by atomic mass is 19.1. The van der Waals surface area contributed by atoms with Crippen molar-refractivity contribution in [2.45, 2.75) is 25.9 Å². The molecular weight excluding hydrogens is 265 g/mol. The Bertz CT molecular complexity index is 699. The molecule has 3 heteroatoms. The van der Waals surface area contributed by atoms with Crippen molar-refractivity contribution in [3.05, 3.63) is 71.7 Å². The zero-order valence-corrected chi connectivity index (χ0v) is 12.1. The number of nitrogens with one attached hydrogen (secondary N) is 1. The van der Waals surface area contributed by atoms with Crippen LogP contribution in [0.25, 0.3) is 11.0 Å². The SMILES string of the molecule is CC(N[C@H](C)c1ccc(F)cc1)c1cc2ccccc2o1. The van der Waals surface area contributed by atoms with Crippen molar-refractivity contribution in [3.63, 3.8) is 0 Å². The van der Waals surface area contributed by atoms with Crippen LogP contribution in [0.2, 0.25) is 0 Å². The average molecular weight is 283 g/mol. The van der Waals surface area contributed by atoms with Crippen LogP contribution in [0.5, 0.6) is 0 Å². The van der Waals surface area contributed by atoms with Gasteiger partial charge in [0, 0.05) is 11.4 Å². The molecule has 1 heterocycles. The lowest BCUT2D eigenvalue weighted by atomic mass is 10.1. The van der Waals surface area contributed by atoms with Gasteiger partial charge in [-0.05, 0) is 43.7 Å². The molecule has 0 saturated heterocycles. The molecule has 1 aromatic heterocycles. The van der Waals surface area contributed by atoms with E-state index in [1.807, 2.05) is 24.3 Å². The molecule has 0 saturated carbocycles. The molecule has 0 radical (unpaired) electrons. The standard InChI is InChI=1S/C18H18FNO/c1-12(14-7-9-16(19)10-8-14)20-13(2)18-11-15-5-3-4-6-17(15)21-18/h3-13,20H,1-2H3/t12-,13?/m1/s1.